The van der Waals surface area contributed by atoms with Crippen LogP contribution in [0.15, 0.2) is 30.3 Å². The van der Waals surface area contributed by atoms with Gasteiger partial charge in [-0.15, -0.1) is 0 Å². The Balaban J connectivity index is 2.25. The Morgan fingerprint density at radius 1 is 1.20 bits per heavy atom. The molecule has 2 amide bonds. The Morgan fingerprint density at radius 3 is 2.50 bits per heavy atom. The fourth-order valence-electron chi connectivity index (χ4n) is 1.33. The van der Waals surface area contributed by atoms with Crippen molar-refractivity contribution in [2.24, 2.45) is 0 Å². The second kappa shape index (κ2) is 8.43. The number of nitrogens with one attached hydrogen (secondary N) is 2. The lowest BCUT2D eigenvalue weighted by Gasteiger charge is -2.03. The van der Waals surface area contributed by atoms with E-state index in [9.17, 15) is 14.0 Å². The first-order valence-electron chi connectivity index (χ1n) is 5.97. The molecule has 5 nitrogen and oxygen atoms in total. The highest BCUT2D eigenvalue weighted by atomic mass is 19.1. The van der Waals surface area contributed by atoms with Crippen molar-refractivity contribution in [1.29, 1.82) is 5.26 Å². The number of halogens is 1. The van der Waals surface area contributed by atoms with E-state index in [1.807, 2.05) is 0 Å². The molecule has 0 spiro atoms. The molecular weight excluding hydrogens is 261 g/mol. The van der Waals surface area contributed by atoms with Crippen molar-refractivity contribution in [1.82, 2.24) is 10.6 Å². The standard InChI is InChI=1S/C14H14FN3O2/c15-12-4-1-11(2-5-12)3-6-13(19)17-9-10-18-14(20)7-8-16/h1-6H,7,9-10H2,(H,17,19)(H,18,20)/b6-3+. The Morgan fingerprint density at radius 2 is 1.85 bits per heavy atom. The minimum absolute atomic E-state index is 0.196. The van der Waals surface area contributed by atoms with Crippen molar-refractivity contribution in [3.8, 4) is 6.07 Å². The highest BCUT2D eigenvalue weighted by Crippen LogP contribution is 2.04. The Bertz CT molecular complexity index is 532. The van der Waals surface area contributed by atoms with Crippen LogP contribution in [0.1, 0.15) is 12.0 Å². The van der Waals surface area contributed by atoms with Crippen molar-refractivity contribution in [2.75, 3.05) is 13.1 Å². The highest BCUT2D eigenvalue weighted by molar-refractivity contribution is 5.91. The van der Waals surface area contributed by atoms with Gasteiger partial charge in [-0.2, -0.15) is 5.26 Å². The van der Waals surface area contributed by atoms with Crippen molar-refractivity contribution in [3.63, 3.8) is 0 Å². The average molecular weight is 275 g/mol. The van der Waals surface area contributed by atoms with Crippen LogP contribution in [0.3, 0.4) is 0 Å². The minimum Gasteiger partial charge on any atom is -0.353 e. The zero-order valence-electron chi connectivity index (χ0n) is 10.7. The van der Waals surface area contributed by atoms with Crippen LogP contribution in [0.5, 0.6) is 0 Å². The molecule has 0 unspecified atom stereocenters. The van der Waals surface area contributed by atoms with Crippen LogP contribution in [0, 0.1) is 17.1 Å². The SMILES string of the molecule is N#CCC(=O)NCCNC(=O)/C=C/c1ccc(F)cc1. The second-order valence-corrected chi connectivity index (χ2v) is 3.86. The number of carbonyl (C=O) groups excluding carboxylic acids is 2. The first-order valence-corrected chi connectivity index (χ1v) is 5.97. The van der Waals surface area contributed by atoms with Gasteiger partial charge in [0.2, 0.25) is 11.8 Å². The smallest absolute Gasteiger partial charge is 0.244 e. The Kier molecular flexibility index (Phi) is 6.48. The summed E-state index contributed by atoms with van der Waals surface area (Å²) in [5.74, 6) is -1.02. The van der Waals surface area contributed by atoms with Gasteiger partial charge < -0.3 is 10.6 Å². The molecule has 104 valence electrons. The number of rotatable bonds is 6. The fraction of sp³-hybridized carbons (Fsp3) is 0.214. The van der Waals surface area contributed by atoms with Crippen molar-refractivity contribution in [2.45, 2.75) is 6.42 Å². The molecule has 1 aromatic rings. The summed E-state index contributed by atoms with van der Waals surface area (Å²) in [6, 6.07) is 7.45. The van der Waals surface area contributed by atoms with E-state index in [0.717, 1.165) is 0 Å². The van der Waals surface area contributed by atoms with Crippen molar-refractivity contribution in [3.05, 3.63) is 41.7 Å². The maximum atomic E-state index is 12.7. The molecular formula is C14H14FN3O2. The van der Waals surface area contributed by atoms with E-state index in [-0.39, 0.29) is 37.1 Å². The number of hydrogen-bond donors (Lipinski definition) is 2. The largest absolute Gasteiger partial charge is 0.353 e. The topological polar surface area (TPSA) is 82.0 Å². The highest BCUT2D eigenvalue weighted by Gasteiger charge is 1.99. The maximum absolute atomic E-state index is 12.7. The van der Waals surface area contributed by atoms with Crippen molar-refractivity contribution >= 4 is 17.9 Å². The molecule has 0 bridgehead atoms. The molecule has 0 radical (unpaired) electrons. The van der Waals surface area contributed by atoms with Crippen LogP contribution in [-0.4, -0.2) is 24.9 Å². The molecule has 0 fully saturated rings. The van der Waals surface area contributed by atoms with E-state index in [2.05, 4.69) is 10.6 Å². The number of amides is 2. The van der Waals surface area contributed by atoms with Gasteiger partial charge >= 0.3 is 0 Å². The van der Waals surface area contributed by atoms with Crippen LogP contribution < -0.4 is 10.6 Å². The van der Waals surface area contributed by atoms with E-state index < -0.39 is 0 Å². The number of nitriles is 1. The van der Waals surface area contributed by atoms with Crippen LogP contribution >= 0.6 is 0 Å². The Labute approximate surface area is 116 Å². The molecule has 6 heteroatoms. The van der Waals surface area contributed by atoms with Crippen LogP contribution in [-0.2, 0) is 9.59 Å². The van der Waals surface area contributed by atoms with Gasteiger partial charge in [-0.1, -0.05) is 12.1 Å². The first-order chi connectivity index (χ1) is 9.61. The van der Waals surface area contributed by atoms with Gasteiger partial charge in [0.25, 0.3) is 0 Å². The van der Waals surface area contributed by atoms with Crippen molar-refractivity contribution < 1.29 is 14.0 Å². The quantitative estimate of drug-likeness (QED) is 0.600. The maximum Gasteiger partial charge on any atom is 0.244 e. The van der Waals surface area contributed by atoms with Crippen LogP contribution in [0.25, 0.3) is 6.08 Å². The fourth-order valence-corrected chi connectivity index (χ4v) is 1.33. The summed E-state index contributed by atoms with van der Waals surface area (Å²) in [7, 11) is 0. The van der Waals surface area contributed by atoms with Gasteiger partial charge in [0.05, 0.1) is 6.07 Å². The predicted octanol–water partition coefficient (Wildman–Crippen LogP) is 0.985. The molecule has 0 saturated carbocycles. The molecule has 2 N–H and O–H groups in total. The molecule has 0 aliphatic carbocycles. The summed E-state index contributed by atoms with van der Waals surface area (Å²) in [5, 5.41) is 13.3. The molecule has 0 aliphatic rings. The number of carbonyl (C=O) groups is 2. The summed E-state index contributed by atoms with van der Waals surface area (Å²) in [4.78, 5) is 22.4. The number of benzene rings is 1. The second-order valence-electron chi connectivity index (χ2n) is 3.86. The summed E-state index contributed by atoms with van der Waals surface area (Å²) in [6.07, 6.45) is 2.69. The van der Waals surface area contributed by atoms with E-state index in [1.165, 1.54) is 18.2 Å². The zero-order chi connectivity index (χ0) is 14.8. The third-order valence-corrected chi connectivity index (χ3v) is 2.28. The summed E-state index contributed by atoms with van der Waals surface area (Å²) in [6.45, 7) is 0.528. The van der Waals surface area contributed by atoms with Gasteiger partial charge in [-0.3, -0.25) is 9.59 Å². The lowest BCUT2D eigenvalue weighted by molar-refractivity contribution is -0.120. The number of hydrogen-bond acceptors (Lipinski definition) is 3. The average Bonchev–Trinajstić information content (AvgIpc) is 2.43. The monoisotopic (exact) mass is 275 g/mol. The first kappa shape index (κ1) is 15.4. The normalized spacial score (nSPS) is 10.0. The van der Waals surface area contributed by atoms with E-state index in [1.54, 1.807) is 24.3 Å². The Hall–Kier alpha value is -2.68. The number of nitrogens with zero attached hydrogens (tertiary/aromatic N) is 1. The van der Waals surface area contributed by atoms with E-state index in [4.69, 9.17) is 5.26 Å². The van der Waals surface area contributed by atoms with E-state index in [0.29, 0.717) is 5.56 Å². The van der Waals surface area contributed by atoms with Gasteiger partial charge in [0, 0.05) is 19.2 Å². The van der Waals surface area contributed by atoms with Crippen LogP contribution in [0.2, 0.25) is 0 Å². The van der Waals surface area contributed by atoms with Gasteiger partial charge in [-0.05, 0) is 23.8 Å². The predicted molar refractivity (Wildman–Crippen MR) is 71.7 cm³/mol. The third kappa shape index (κ3) is 6.31. The summed E-state index contributed by atoms with van der Waals surface area (Å²) in [5.41, 5.74) is 0.712. The van der Waals surface area contributed by atoms with Crippen LogP contribution in [0.4, 0.5) is 4.39 Å². The lowest BCUT2D eigenvalue weighted by atomic mass is 10.2. The van der Waals surface area contributed by atoms with E-state index >= 15 is 0 Å². The molecule has 1 rings (SSSR count). The summed E-state index contributed by atoms with van der Waals surface area (Å²) >= 11 is 0. The zero-order valence-corrected chi connectivity index (χ0v) is 10.7. The lowest BCUT2D eigenvalue weighted by Crippen LogP contribution is -2.33. The molecule has 0 saturated heterocycles. The molecule has 0 aliphatic heterocycles. The molecule has 0 heterocycles. The van der Waals surface area contributed by atoms with Gasteiger partial charge in [0.15, 0.2) is 0 Å². The molecule has 0 atom stereocenters. The third-order valence-electron chi connectivity index (χ3n) is 2.28. The minimum atomic E-state index is -0.372. The molecule has 0 aromatic heterocycles. The summed E-state index contributed by atoms with van der Waals surface area (Å²) < 4.78 is 12.7. The van der Waals surface area contributed by atoms with Gasteiger partial charge in [-0.25, -0.2) is 4.39 Å². The van der Waals surface area contributed by atoms with Gasteiger partial charge in [0.1, 0.15) is 12.2 Å². The molecule has 1 aromatic carbocycles. The molecule has 20 heavy (non-hydrogen) atoms.